The van der Waals surface area contributed by atoms with E-state index < -0.39 is 0 Å². The van der Waals surface area contributed by atoms with Gasteiger partial charge in [-0.1, -0.05) is 0 Å². The van der Waals surface area contributed by atoms with Gasteiger partial charge < -0.3 is 4.90 Å². The Morgan fingerprint density at radius 2 is 2.21 bits per heavy atom. The number of carbonyl (C=O) groups excluding carboxylic acids is 1. The van der Waals surface area contributed by atoms with Crippen molar-refractivity contribution in [3.63, 3.8) is 0 Å². The van der Waals surface area contributed by atoms with Gasteiger partial charge in [-0.2, -0.15) is 5.10 Å². The topological polar surface area (TPSA) is 68.3 Å². The number of amides is 1. The Bertz CT molecular complexity index is 896. The van der Waals surface area contributed by atoms with Crippen LogP contribution in [0.2, 0.25) is 0 Å². The zero-order valence-corrected chi connectivity index (χ0v) is 13.9. The average molecular weight is 324 g/mol. The Labute approximate surface area is 139 Å². The third kappa shape index (κ3) is 2.55. The number of aryl methyl sites for hydroxylation is 2. The standard InChI is InChI=1S/C17H20N6O/c1-12-8-13(2)23(20-12)10-15-4-3-7-22(15)17(24)14-5-6-16-19-18-11-21(16)9-14/h5-6,8-9,11,15H,3-4,7,10H2,1-2H3/t15-/m1/s1. The molecule has 7 nitrogen and oxygen atoms in total. The zero-order chi connectivity index (χ0) is 16.7. The van der Waals surface area contributed by atoms with E-state index in [2.05, 4.69) is 28.3 Å². The van der Waals surface area contributed by atoms with Gasteiger partial charge in [0.2, 0.25) is 0 Å². The van der Waals surface area contributed by atoms with Crippen LogP contribution in [0.15, 0.2) is 30.7 Å². The van der Waals surface area contributed by atoms with Crippen LogP contribution in [0.1, 0.15) is 34.6 Å². The van der Waals surface area contributed by atoms with E-state index in [9.17, 15) is 4.79 Å². The molecule has 3 aromatic rings. The Morgan fingerprint density at radius 3 is 3.00 bits per heavy atom. The molecular weight excluding hydrogens is 304 g/mol. The van der Waals surface area contributed by atoms with E-state index in [1.54, 1.807) is 16.9 Å². The van der Waals surface area contributed by atoms with Crippen molar-refractivity contribution in [2.75, 3.05) is 6.54 Å². The molecule has 3 aromatic heterocycles. The third-order valence-electron chi connectivity index (χ3n) is 4.66. The number of aromatic nitrogens is 5. The number of hydrogen-bond donors (Lipinski definition) is 0. The molecule has 4 rings (SSSR count). The van der Waals surface area contributed by atoms with E-state index in [1.807, 2.05) is 28.6 Å². The first-order valence-electron chi connectivity index (χ1n) is 8.23. The van der Waals surface area contributed by atoms with Crippen molar-refractivity contribution in [1.29, 1.82) is 0 Å². The molecule has 0 bridgehead atoms. The lowest BCUT2D eigenvalue weighted by Crippen LogP contribution is -2.38. The summed E-state index contributed by atoms with van der Waals surface area (Å²) in [6, 6.07) is 5.91. The normalized spacial score (nSPS) is 17.8. The molecule has 0 N–H and O–H groups in total. The maximum atomic E-state index is 12.9. The Hall–Kier alpha value is -2.70. The number of nitrogens with zero attached hydrogens (tertiary/aromatic N) is 6. The summed E-state index contributed by atoms with van der Waals surface area (Å²) in [7, 11) is 0. The number of rotatable bonds is 3. The fourth-order valence-corrected chi connectivity index (χ4v) is 3.47. The molecule has 1 atom stereocenters. The molecule has 0 spiro atoms. The van der Waals surface area contributed by atoms with Crippen LogP contribution in [-0.2, 0) is 6.54 Å². The predicted molar refractivity (Wildman–Crippen MR) is 88.7 cm³/mol. The first-order chi connectivity index (χ1) is 11.6. The van der Waals surface area contributed by atoms with Crippen molar-refractivity contribution in [3.8, 4) is 0 Å². The zero-order valence-electron chi connectivity index (χ0n) is 13.9. The van der Waals surface area contributed by atoms with E-state index >= 15 is 0 Å². The molecule has 0 unspecified atom stereocenters. The highest BCUT2D eigenvalue weighted by atomic mass is 16.2. The molecule has 0 radical (unpaired) electrons. The molecule has 0 saturated carbocycles. The Balaban J connectivity index is 1.57. The number of fused-ring (bicyclic) bond motifs is 1. The Morgan fingerprint density at radius 1 is 1.33 bits per heavy atom. The highest BCUT2D eigenvalue weighted by Gasteiger charge is 2.30. The van der Waals surface area contributed by atoms with Gasteiger partial charge in [0.15, 0.2) is 5.65 Å². The molecule has 1 saturated heterocycles. The summed E-state index contributed by atoms with van der Waals surface area (Å²) < 4.78 is 3.79. The lowest BCUT2D eigenvalue weighted by Gasteiger charge is -2.25. The van der Waals surface area contributed by atoms with Crippen LogP contribution in [0.5, 0.6) is 0 Å². The summed E-state index contributed by atoms with van der Waals surface area (Å²) in [6.45, 7) is 5.60. The SMILES string of the molecule is Cc1cc(C)n(C[C@H]2CCCN2C(=O)c2ccc3nncn3c2)n1. The van der Waals surface area contributed by atoms with Crippen molar-refractivity contribution >= 4 is 11.6 Å². The average Bonchev–Trinajstić information content (AvgIpc) is 3.27. The molecule has 4 heterocycles. The summed E-state index contributed by atoms with van der Waals surface area (Å²) >= 11 is 0. The van der Waals surface area contributed by atoms with Crippen molar-refractivity contribution in [3.05, 3.63) is 47.7 Å². The van der Waals surface area contributed by atoms with Crippen molar-refractivity contribution in [1.82, 2.24) is 29.3 Å². The molecular formula is C17H20N6O. The second kappa shape index (κ2) is 5.74. The number of carbonyl (C=O) groups is 1. The highest BCUT2D eigenvalue weighted by Crippen LogP contribution is 2.22. The van der Waals surface area contributed by atoms with Crippen LogP contribution >= 0.6 is 0 Å². The fraction of sp³-hybridized carbons (Fsp3) is 0.412. The smallest absolute Gasteiger partial charge is 0.255 e. The minimum atomic E-state index is 0.0645. The molecule has 0 aromatic carbocycles. The van der Waals surface area contributed by atoms with Crippen molar-refractivity contribution in [2.45, 2.75) is 39.3 Å². The van der Waals surface area contributed by atoms with Crippen LogP contribution in [0.25, 0.3) is 5.65 Å². The van der Waals surface area contributed by atoms with E-state index in [0.29, 0.717) is 5.56 Å². The number of hydrogen-bond acceptors (Lipinski definition) is 4. The van der Waals surface area contributed by atoms with Gasteiger partial charge in [0.1, 0.15) is 6.33 Å². The molecule has 1 fully saturated rings. The second-order valence-corrected chi connectivity index (χ2v) is 6.42. The van der Waals surface area contributed by atoms with Gasteiger partial charge in [-0.25, -0.2) is 0 Å². The molecule has 124 valence electrons. The lowest BCUT2D eigenvalue weighted by atomic mass is 10.2. The first kappa shape index (κ1) is 14.9. The molecule has 1 amide bonds. The van der Waals surface area contributed by atoms with E-state index in [0.717, 1.165) is 43.0 Å². The largest absolute Gasteiger partial charge is 0.334 e. The van der Waals surface area contributed by atoms with Gasteiger partial charge in [0.25, 0.3) is 5.91 Å². The van der Waals surface area contributed by atoms with Gasteiger partial charge in [0.05, 0.1) is 23.8 Å². The minimum Gasteiger partial charge on any atom is -0.334 e. The lowest BCUT2D eigenvalue weighted by molar-refractivity contribution is 0.0720. The summed E-state index contributed by atoms with van der Waals surface area (Å²) in [5.41, 5.74) is 3.56. The third-order valence-corrected chi connectivity index (χ3v) is 4.66. The summed E-state index contributed by atoms with van der Waals surface area (Å²) in [5, 5.41) is 12.4. The van der Waals surface area contributed by atoms with E-state index in [-0.39, 0.29) is 11.9 Å². The molecule has 0 aliphatic carbocycles. The van der Waals surface area contributed by atoms with Gasteiger partial charge in [-0.3, -0.25) is 13.9 Å². The van der Waals surface area contributed by atoms with Gasteiger partial charge >= 0.3 is 0 Å². The number of likely N-dealkylation sites (tertiary alicyclic amines) is 1. The van der Waals surface area contributed by atoms with Gasteiger partial charge in [-0.05, 0) is 44.9 Å². The Kier molecular flexibility index (Phi) is 3.55. The van der Waals surface area contributed by atoms with Crippen LogP contribution in [-0.4, -0.2) is 47.8 Å². The molecule has 1 aliphatic rings. The first-order valence-corrected chi connectivity index (χ1v) is 8.23. The van der Waals surface area contributed by atoms with Crippen molar-refractivity contribution < 1.29 is 4.79 Å². The van der Waals surface area contributed by atoms with Crippen LogP contribution in [0.3, 0.4) is 0 Å². The summed E-state index contributed by atoms with van der Waals surface area (Å²) in [4.78, 5) is 14.9. The quantitative estimate of drug-likeness (QED) is 0.737. The minimum absolute atomic E-state index is 0.0645. The summed E-state index contributed by atoms with van der Waals surface area (Å²) in [5.74, 6) is 0.0645. The maximum Gasteiger partial charge on any atom is 0.255 e. The summed E-state index contributed by atoms with van der Waals surface area (Å²) in [6.07, 6.45) is 5.46. The van der Waals surface area contributed by atoms with Gasteiger partial charge in [-0.15, -0.1) is 10.2 Å². The van der Waals surface area contributed by atoms with Crippen LogP contribution in [0.4, 0.5) is 0 Å². The van der Waals surface area contributed by atoms with E-state index in [4.69, 9.17) is 0 Å². The fourth-order valence-electron chi connectivity index (χ4n) is 3.47. The number of pyridine rings is 1. The predicted octanol–water partition coefficient (Wildman–Crippen LogP) is 1.85. The highest BCUT2D eigenvalue weighted by molar-refractivity contribution is 5.94. The molecule has 1 aliphatic heterocycles. The monoisotopic (exact) mass is 324 g/mol. The van der Waals surface area contributed by atoms with Crippen molar-refractivity contribution in [2.24, 2.45) is 0 Å². The molecule has 7 heteroatoms. The molecule has 24 heavy (non-hydrogen) atoms. The van der Waals surface area contributed by atoms with E-state index in [1.165, 1.54) is 0 Å². The van der Waals surface area contributed by atoms with Crippen LogP contribution < -0.4 is 0 Å². The van der Waals surface area contributed by atoms with Gasteiger partial charge in [0, 0.05) is 18.4 Å². The van der Waals surface area contributed by atoms with Crippen LogP contribution in [0, 0.1) is 13.8 Å². The maximum absolute atomic E-state index is 12.9. The second-order valence-electron chi connectivity index (χ2n) is 6.42.